The first-order valence-electron chi connectivity index (χ1n) is 6.54. The first-order chi connectivity index (χ1) is 10.5. The zero-order chi connectivity index (χ0) is 15.9. The number of rotatable bonds is 2. The Morgan fingerprint density at radius 3 is 2.32 bits per heavy atom. The van der Waals surface area contributed by atoms with Crippen molar-refractivity contribution in [1.29, 1.82) is 0 Å². The number of imide groups is 1. The molecule has 0 bridgehead atoms. The number of aromatic hydroxyl groups is 1. The average Bonchev–Trinajstić information content (AvgIpc) is 2.74. The molecule has 3 rings (SSSR count). The second-order valence-electron chi connectivity index (χ2n) is 4.93. The van der Waals surface area contributed by atoms with Crippen molar-refractivity contribution in [3.8, 4) is 5.75 Å². The molecule has 2 aromatic carbocycles. The van der Waals surface area contributed by atoms with E-state index in [2.05, 4.69) is 5.32 Å². The molecule has 0 spiro atoms. The molecule has 0 saturated carbocycles. The van der Waals surface area contributed by atoms with Gasteiger partial charge in [-0.15, -0.1) is 0 Å². The van der Waals surface area contributed by atoms with Crippen molar-refractivity contribution in [1.82, 2.24) is 4.90 Å². The zero-order valence-corrected chi connectivity index (χ0v) is 11.7. The number of amides is 3. The smallest absolute Gasteiger partial charge is 0.261 e. The minimum atomic E-state index is -0.417. The monoisotopic (exact) mass is 296 g/mol. The molecule has 2 aromatic rings. The van der Waals surface area contributed by atoms with Gasteiger partial charge in [0.2, 0.25) is 0 Å². The number of phenolic OH excluding ortho intramolecular Hbond substituents is 1. The highest BCUT2D eigenvalue weighted by atomic mass is 16.3. The summed E-state index contributed by atoms with van der Waals surface area (Å²) in [4.78, 5) is 36.9. The van der Waals surface area contributed by atoms with Crippen LogP contribution in [0.2, 0.25) is 0 Å². The average molecular weight is 296 g/mol. The van der Waals surface area contributed by atoms with Crippen LogP contribution in [0.4, 0.5) is 5.69 Å². The fourth-order valence-electron chi connectivity index (χ4n) is 2.25. The maximum atomic E-state index is 12.2. The van der Waals surface area contributed by atoms with E-state index < -0.39 is 11.8 Å². The summed E-state index contributed by atoms with van der Waals surface area (Å²) in [6.45, 7) is 0. The molecule has 1 heterocycles. The second kappa shape index (κ2) is 5.00. The number of phenols is 1. The molecule has 0 unspecified atom stereocenters. The molecular weight excluding hydrogens is 284 g/mol. The molecule has 6 heteroatoms. The van der Waals surface area contributed by atoms with Gasteiger partial charge in [-0.2, -0.15) is 0 Å². The minimum absolute atomic E-state index is 0.0997. The van der Waals surface area contributed by atoms with Crippen molar-refractivity contribution in [3.63, 3.8) is 0 Å². The highest BCUT2D eigenvalue weighted by molar-refractivity contribution is 6.22. The number of fused-ring (bicyclic) bond motifs is 1. The second-order valence-corrected chi connectivity index (χ2v) is 4.93. The lowest BCUT2D eigenvalue weighted by atomic mass is 10.1. The van der Waals surface area contributed by atoms with Gasteiger partial charge in [-0.25, -0.2) is 0 Å². The van der Waals surface area contributed by atoms with E-state index in [1.165, 1.54) is 37.4 Å². The highest BCUT2D eigenvalue weighted by Gasteiger charge is 2.33. The predicted octanol–water partition coefficient (Wildman–Crippen LogP) is 1.87. The molecule has 0 atom stereocenters. The Hall–Kier alpha value is -3.15. The van der Waals surface area contributed by atoms with Gasteiger partial charge in [0, 0.05) is 18.3 Å². The van der Waals surface area contributed by atoms with Crippen molar-refractivity contribution in [3.05, 3.63) is 59.2 Å². The van der Waals surface area contributed by atoms with Gasteiger partial charge in [0.1, 0.15) is 5.75 Å². The van der Waals surface area contributed by atoms with Crippen LogP contribution in [0.15, 0.2) is 42.5 Å². The molecule has 1 aliphatic heterocycles. The van der Waals surface area contributed by atoms with Crippen molar-refractivity contribution < 1.29 is 19.5 Å². The number of anilines is 1. The van der Waals surface area contributed by atoms with Crippen molar-refractivity contribution in [2.75, 3.05) is 12.4 Å². The van der Waals surface area contributed by atoms with Crippen molar-refractivity contribution >= 4 is 23.4 Å². The summed E-state index contributed by atoms with van der Waals surface area (Å²) in [5.74, 6) is -1.09. The van der Waals surface area contributed by atoms with Gasteiger partial charge >= 0.3 is 0 Å². The van der Waals surface area contributed by atoms with Gasteiger partial charge in [-0.3, -0.25) is 19.3 Å². The standard InChI is InChI=1S/C16H12N2O4/c1-18-15(21)12-7-2-9(8-13(12)16(18)22)14(20)17-10-3-5-11(19)6-4-10/h2-8,19H,1H3,(H,17,20). The van der Waals surface area contributed by atoms with Gasteiger partial charge in [-0.05, 0) is 42.5 Å². The first kappa shape index (κ1) is 13.8. The Balaban J connectivity index is 1.87. The molecule has 0 saturated heterocycles. The Labute approximate surface area is 126 Å². The van der Waals surface area contributed by atoms with Crippen LogP contribution in [0.1, 0.15) is 31.1 Å². The van der Waals surface area contributed by atoms with Crippen LogP contribution in [0.5, 0.6) is 5.75 Å². The largest absolute Gasteiger partial charge is 0.508 e. The molecule has 110 valence electrons. The number of carbonyl (C=O) groups is 3. The normalized spacial score (nSPS) is 13.2. The first-order valence-corrected chi connectivity index (χ1v) is 6.54. The van der Waals surface area contributed by atoms with Gasteiger partial charge in [0.15, 0.2) is 0 Å². The van der Waals surface area contributed by atoms with Crippen LogP contribution in [0.3, 0.4) is 0 Å². The van der Waals surface area contributed by atoms with E-state index in [-0.39, 0.29) is 22.8 Å². The van der Waals surface area contributed by atoms with E-state index in [9.17, 15) is 19.5 Å². The Kier molecular flexibility index (Phi) is 3.14. The number of carbonyl (C=O) groups excluding carboxylic acids is 3. The molecular formula is C16H12N2O4. The third-order valence-corrected chi connectivity index (χ3v) is 3.48. The Bertz CT molecular complexity index is 796. The fourth-order valence-corrected chi connectivity index (χ4v) is 2.25. The number of benzene rings is 2. The third-order valence-electron chi connectivity index (χ3n) is 3.48. The Morgan fingerprint density at radius 2 is 1.64 bits per heavy atom. The lowest BCUT2D eigenvalue weighted by molar-refractivity contribution is 0.0693. The van der Waals surface area contributed by atoms with Gasteiger partial charge in [0.05, 0.1) is 11.1 Å². The molecule has 6 nitrogen and oxygen atoms in total. The maximum absolute atomic E-state index is 12.2. The van der Waals surface area contributed by atoms with E-state index in [0.29, 0.717) is 11.3 Å². The minimum Gasteiger partial charge on any atom is -0.508 e. The fraction of sp³-hybridized carbons (Fsp3) is 0.0625. The van der Waals surface area contributed by atoms with Crippen LogP contribution in [-0.4, -0.2) is 34.8 Å². The summed E-state index contributed by atoms with van der Waals surface area (Å²) in [5, 5.41) is 11.9. The van der Waals surface area contributed by atoms with Gasteiger partial charge in [0.25, 0.3) is 17.7 Å². The van der Waals surface area contributed by atoms with E-state index in [0.717, 1.165) is 4.90 Å². The summed E-state index contributed by atoms with van der Waals surface area (Å²) in [6.07, 6.45) is 0. The zero-order valence-electron chi connectivity index (χ0n) is 11.7. The SMILES string of the molecule is CN1C(=O)c2ccc(C(=O)Nc3ccc(O)cc3)cc2C1=O. The molecule has 2 N–H and O–H groups in total. The van der Waals surface area contributed by atoms with E-state index >= 15 is 0 Å². The molecule has 1 aliphatic rings. The molecule has 0 aliphatic carbocycles. The third kappa shape index (κ3) is 2.20. The lowest BCUT2D eigenvalue weighted by Gasteiger charge is -2.06. The summed E-state index contributed by atoms with van der Waals surface area (Å²) in [7, 11) is 1.40. The van der Waals surface area contributed by atoms with E-state index in [4.69, 9.17) is 0 Å². The highest BCUT2D eigenvalue weighted by Crippen LogP contribution is 2.23. The molecule has 0 fully saturated rings. The van der Waals surface area contributed by atoms with E-state index in [1.54, 1.807) is 12.1 Å². The Morgan fingerprint density at radius 1 is 1.00 bits per heavy atom. The number of nitrogens with zero attached hydrogens (tertiary/aromatic N) is 1. The number of hydrogen-bond donors (Lipinski definition) is 2. The van der Waals surface area contributed by atoms with Crippen LogP contribution < -0.4 is 5.32 Å². The van der Waals surface area contributed by atoms with Crippen LogP contribution >= 0.6 is 0 Å². The van der Waals surface area contributed by atoms with Gasteiger partial charge < -0.3 is 10.4 Å². The summed E-state index contributed by atoms with van der Waals surface area (Å²) in [5.41, 5.74) is 1.32. The van der Waals surface area contributed by atoms with Crippen molar-refractivity contribution in [2.24, 2.45) is 0 Å². The van der Waals surface area contributed by atoms with Crippen LogP contribution in [-0.2, 0) is 0 Å². The molecule has 0 aromatic heterocycles. The lowest BCUT2D eigenvalue weighted by Crippen LogP contribution is -2.24. The van der Waals surface area contributed by atoms with Crippen LogP contribution in [0, 0.1) is 0 Å². The predicted molar refractivity (Wildman–Crippen MR) is 78.9 cm³/mol. The summed E-state index contributed by atoms with van der Waals surface area (Å²) >= 11 is 0. The number of nitrogens with one attached hydrogen (secondary N) is 1. The molecule has 3 amide bonds. The number of hydrogen-bond acceptors (Lipinski definition) is 4. The quantitative estimate of drug-likeness (QED) is 0.654. The maximum Gasteiger partial charge on any atom is 0.261 e. The van der Waals surface area contributed by atoms with E-state index in [1.807, 2.05) is 0 Å². The van der Waals surface area contributed by atoms with Crippen LogP contribution in [0.25, 0.3) is 0 Å². The van der Waals surface area contributed by atoms with Gasteiger partial charge in [-0.1, -0.05) is 0 Å². The van der Waals surface area contributed by atoms with Crippen molar-refractivity contribution in [2.45, 2.75) is 0 Å². The summed E-state index contributed by atoms with van der Waals surface area (Å²) < 4.78 is 0. The topological polar surface area (TPSA) is 86.7 Å². The molecule has 0 radical (unpaired) electrons. The molecule has 22 heavy (non-hydrogen) atoms. The summed E-state index contributed by atoms with van der Waals surface area (Å²) in [6, 6.07) is 10.4.